The summed E-state index contributed by atoms with van der Waals surface area (Å²) in [5.41, 5.74) is 4.22. The minimum atomic E-state index is -2.99. The van der Waals surface area contributed by atoms with Crippen molar-refractivity contribution < 1.29 is 13.2 Å². The van der Waals surface area contributed by atoms with Crippen molar-refractivity contribution in [1.82, 2.24) is 14.7 Å². The lowest BCUT2D eigenvalue weighted by Gasteiger charge is -2.19. The van der Waals surface area contributed by atoms with Gasteiger partial charge in [0.15, 0.2) is 9.84 Å². The van der Waals surface area contributed by atoms with E-state index in [-0.39, 0.29) is 23.6 Å². The van der Waals surface area contributed by atoms with Crippen molar-refractivity contribution in [3.63, 3.8) is 0 Å². The van der Waals surface area contributed by atoms with Crippen LogP contribution in [-0.2, 0) is 16.4 Å². The molecule has 9 heteroatoms. The van der Waals surface area contributed by atoms with E-state index in [2.05, 4.69) is 10.4 Å². The Labute approximate surface area is 170 Å². The third kappa shape index (κ3) is 4.33. The Morgan fingerprint density at radius 2 is 2.07 bits per heavy atom. The van der Waals surface area contributed by atoms with Crippen LogP contribution in [0.25, 0.3) is 0 Å². The number of urea groups is 1. The second kappa shape index (κ2) is 7.75. The first kappa shape index (κ1) is 20.7. The minimum Gasteiger partial charge on any atom is -0.323 e. The van der Waals surface area contributed by atoms with Crippen LogP contribution in [0.4, 0.5) is 10.5 Å². The number of aromatic nitrogens is 2. The SMILES string of the molecule is Cc1ccc(NC(=O)N(C)Cc2c(C)nn(C3CCS(=O)(=O)C3)c2C)cc1Cl. The number of hydrogen-bond donors (Lipinski definition) is 1. The lowest BCUT2D eigenvalue weighted by Crippen LogP contribution is -2.31. The molecule has 1 saturated heterocycles. The summed E-state index contributed by atoms with van der Waals surface area (Å²) in [7, 11) is -1.28. The average molecular weight is 425 g/mol. The van der Waals surface area contributed by atoms with Gasteiger partial charge in [0.25, 0.3) is 0 Å². The van der Waals surface area contributed by atoms with Crippen LogP contribution in [-0.4, -0.2) is 47.7 Å². The highest BCUT2D eigenvalue weighted by atomic mass is 35.5. The molecule has 28 heavy (non-hydrogen) atoms. The summed E-state index contributed by atoms with van der Waals surface area (Å²) >= 11 is 6.11. The summed E-state index contributed by atoms with van der Waals surface area (Å²) < 4.78 is 25.4. The van der Waals surface area contributed by atoms with Crippen molar-refractivity contribution in [3.8, 4) is 0 Å². The number of hydrogen-bond acceptors (Lipinski definition) is 4. The molecule has 2 amide bonds. The molecule has 3 rings (SSSR count). The molecular formula is C19H25ClN4O3S. The Balaban J connectivity index is 1.72. The molecule has 1 atom stereocenters. The fourth-order valence-corrected chi connectivity index (χ4v) is 5.32. The van der Waals surface area contributed by atoms with E-state index in [0.29, 0.717) is 23.7 Å². The number of amides is 2. The van der Waals surface area contributed by atoms with Gasteiger partial charge in [-0.25, -0.2) is 13.2 Å². The Bertz CT molecular complexity index is 1020. The average Bonchev–Trinajstić information content (AvgIpc) is 3.11. The zero-order valence-corrected chi connectivity index (χ0v) is 18.1. The lowest BCUT2D eigenvalue weighted by atomic mass is 10.1. The van der Waals surface area contributed by atoms with Gasteiger partial charge < -0.3 is 10.2 Å². The highest BCUT2D eigenvalue weighted by molar-refractivity contribution is 7.91. The predicted octanol–water partition coefficient (Wildman–Crippen LogP) is 3.49. The molecular weight excluding hydrogens is 400 g/mol. The van der Waals surface area contributed by atoms with E-state index in [0.717, 1.165) is 22.5 Å². The van der Waals surface area contributed by atoms with Crippen LogP contribution in [0, 0.1) is 20.8 Å². The molecule has 2 aromatic rings. The number of aryl methyl sites for hydroxylation is 2. The van der Waals surface area contributed by atoms with Crippen molar-refractivity contribution in [3.05, 3.63) is 45.7 Å². The first-order valence-electron chi connectivity index (χ1n) is 9.10. The molecule has 1 aromatic heterocycles. The maximum Gasteiger partial charge on any atom is 0.321 e. The normalized spacial score (nSPS) is 18.2. The third-order valence-electron chi connectivity index (χ3n) is 5.19. The van der Waals surface area contributed by atoms with E-state index in [4.69, 9.17) is 11.6 Å². The summed E-state index contributed by atoms with van der Waals surface area (Å²) in [5, 5.41) is 7.99. The molecule has 0 bridgehead atoms. The van der Waals surface area contributed by atoms with Crippen molar-refractivity contribution in [2.45, 2.75) is 39.8 Å². The van der Waals surface area contributed by atoms with Gasteiger partial charge in [-0.15, -0.1) is 0 Å². The maximum absolute atomic E-state index is 12.5. The molecule has 0 spiro atoms. The topological polar surface area (TPSA) is 84.3 Å². The van der Waals surface area contributed by atoms with E-state index in [9.17, 15) is 13.2 Å². The van der Waals surface area contributed by atoms with E-state index >= 15 is 0 Å². The highest BCUT2D eigenvalue weighted by Gasteiger charge is 2.31. The van der Waals surface area contributed by atoms with Crippen LogP contribution in [0.15, 0.2) is 18.2 Å². The van der Waals surface area contributed by atoms with Gasteiger partial charge in [0.1, 0.15) is 0 Å². The Morgan fingerprint density at radius 1 is 1.36 bits per heavy atom. The van der Waals surface area contributed by atoms with Gasteiger partial charge in [-0.1, -0.05) is 17.7 Å². The summed E-state index contributed by atoms with van der Waals surface area (Å²) in [6.45, 7) is 6.08. The van der Waals surface area contributed by atoms with Gasteiger partial charge in [0, 0.05) is 29.0 Å². The quantitative estimate of drug-likeness (QED) is 0.814. The molecule has 152 valence electrons. The Hall–Kier alpha value is -2.06. The Kier molecular flexibility index (Phi) is 5.72. The zero-order valence-electron chi connectivity index (χ0n) is 16.5. The number of sulfone groups is 1. The number of nitrogens with zero attached hydrogens (tertiary/aromatic N) is 3. The largest absolute Gasteiger partial charge is 0.323 e. The van der Waals surface area contributed by atoms with Crippen LogP contribution in [0.2, 0.25) is 5.02 Å². The molecule has 0 aliphatic carbocycles. The number of carbonyl (C=O) groups excluding carboxylic acids is 1. The van der Waals surface area contributed by atoms with Crippen LogP contribution in [0.1, 0.15) is 35.0 Å². The monoisotopic (exact) mass is 424 g/mol. The molecule has 1 aliphatic rings. The van der Waals surface area contributed by atoms with E-state index in [1.807, 2.05) is 32.9 Å². The molecule has 1 aromatic carbocycles. The van der Waals surface area contributed by atoms with E-state index in [1.165, 1.54) is 0 Å². The fraction of sp³-hybridized carbons (Fsp3) is 0.474. The molecule has 0 radical (unpaired) electrons. The third-order valence-corrected chi connectivity index (χ3v) is 7.35. The van der Waals surface area contributed by atoms with Crippen molar-refractivity contribution in [1.29, 1.82) is 0 Å². The van der Waals surface area contributed by atoms with Gasteiger partial charge in [0.2, 0.25) is 0 Å². The molecule has 1 fully saturated rings. The second-order valence-corrected chi connectivity index (χ2v) is 10.0. The van der Waals surface area contributed by atoms with Crippen molar-refractivity contribution >= 4 is 33.2 Å². The number of nitrogens with one attached hydrogen (secondary N) is 1. The summed E-state index contributed by atoms with van der Waals surface area (Å²) in [5.74, 6) is 0.325. The highest BCUT2D eigenvalue weighted by Crippen LogP contribution is 2.27. The van der Waals surface area contributed by atoms with Crippen molar-refractivity contribution in [2.75, 3.05) is 23.9 Å². The van der Waals surface area contributed by atoms with Gasteiger partial charge >= 0.3 is 6.03 Å². The van der Waals surface area contributed by atoms with Gasteiger partial charge in [0.05, 0.1) is 29.8 Å². The zero-order chi connectivity index (χ0) is 20.6. The summed E-state index contributed by atoms with van der Waals surface area (Å²) in [4.78, 5) is 14.1. The fourth-order valence-electron chi connectivity index (χ4n) is 3.45. The van der Waals surface area contributed by atoms with Gasteiger partial charge in [-0.2, -0.15) is 5.10 Å². The van der Waals surface area contributed by atoms with Crippen LogP contribution in [0.3, 0.4) is 0 Å². The first-order chi connectivity index (χ1) is 13.1. The van der Waals surface area contributed by atoms with Crippen LogP contribution in [0.5, 0.6) is 0 Å². The van der Waals surface area contributed by atoms with E-state index in [1.54, 1.807) is 22.7 Å². The molecule has 2 heterocycles. The number of anilines is 1. The summed E-state index contributed by atoms with van der Waals surface area (Å²) in [6, 6.07) is 4.99. The van der Waals surface area contributed by atoms with Crippen LogP contribution < -0.4 is 5.32 Å². The number of carbonyl (C=O) groups is 1. The molecule has 0 saturated carbocycles. The standard InChI is InChI=1S/C19H25ClN4O3S/c1-12-5-6-15(9-18(12)20)21-19(25)23(4)10-17-13(2)22-24(14(17)3)16-7-8-28(26,27)11-16/h5-6,9,16H,7-8,10-11H2,1-4H3,(H,21,25). The molecule has 1 N–H and O–H groups in total. The predicted molar refractivity (Wildman–Crippen MR) is 111 cm³/mol. The van der Waals surface area contributed by atoms with Crippen LogP contribution >= 0.6 is 11.6 Å². The minimum absolute atomic E-state index is 0.124. The Morgan fingerprint density at radius 3 is 2.68 bits per heavy atom. The van der Waals surface area contributed by atoms with Gasteiger partial charge in [-0.05, 0) is 44.9 Å². The van der Waals surface area contributed by atoms with Gasteiger partial charge in [-0.3, -0.25) is 4.68 Å². The molecule has 7 nitrogen and oxygen atoms in total. The number of benzene rings is 1. The van der Waals surface area contributed by atoms with Crippen molar-refractivity contribution in [2.24, 2.45) is 0 Å². The number of halogens is 1. The lowest BCUT2D eigenvalue weighted by molar-refractivity contribution is 0.220. The second-order valence-electron chi connectivity index (χ2n) is 7.40. The smallest absolute Gasteiger partial charge is 0.321 e. The number of rotatable bonds is 4. The molecule has 1 aliphatic heterocycles. The van der Waals surface area contributed by atoms with E-state index < -0.39 is 9.84 Å². The maximum atomic E-state index is 12.5. The first-order valence-corrected chi connectivity index (χ1v) is 11.3. The molecule has 1 unspecified atom stereocenters. The summed E-state index contributed by atoms with van der Waals surface area (Å²) in [6.07, 6.45) is 0.578.